The standard InChI is InChI=1S/C16H17BrN2O3/c17-13-5-4-8-15(11-13)20-9-10-22-19-16(18)12-21-14-6-2-1-3-7-14/h1-8,11H,9-10,12H2,(H2,18,19). The Morgan fingerprint density at radius 1 is 0.955 bits per heavy atom. The molecule has 0 spiro atoms. The second-order valence-electron chi connectivity index (χ2n) is 4.32. The lowest BCUT2D eigenvalue weighted by Crippen LogP contribution is -2.21. The minimum absolute atomic E-state index is 0.177. The third kappa shape index (κ3) is 6.05. The SMILES string of the molecule is NC(COc1ccccc1)=NOCCOc1cccc(Br)c1. The molecule has 116 valence electrons. The Labute approximate surface area is 137 Å². The van der Waals surface area contributed by atoms with Crippen LogP contribution < -0.4 is 15.2 Å². The van der Waals surface area contributed by atoms with E-state index in [1.165, 1.54) is 0 Å². The Morgan fingerprint density at radius 3 is 2.50 bits per heavy atom. The number of oxime groups is 1. The number of nitrogens with zero attached hydrogens (tertiary/aromatic N) is 1. The molecule has 5 nitrogen and oxygen atoms in total. The largest absolute Gasteiger partial charge is 0.490 e. The third-order valence-corrected chi connectivity index (χ3v) is 3.04. The zero-order chi connectivity index (χ0) is 15.6. The Hall–Kier alpha value is -2.21. The number of halogens is 1. The van der Waals surface area contributed by atoms with Crippen LogP contribution in [0.15, 0.2) is 64.2 Å². The molecular weight excluding hydrogens is 348 g/mol. The second-order valence-corrected chi connectivity index (χ2v) is 5.24. The van der Waals surface area contributed by atoms with Crippen LogP contribution in [0.3, 0.4) is 0 Å². The van der Waals surface area contributed by atoms with Gasteiger partial charge in [0.2, 0.25) is 0 Å². The summed E-state index contributed by atoms with van der Waals surface area (Å²) in [5, 5.41) is 3.77. The van der Waals surface area contributed by atoms with Gasteiger partial charge in [-0.05, 0) is 30.3 Å². The highest BCUT2D eigenvalue weighted by molar-refractivity contribution is 9.10. The molecule has 0 amide bonds. The van der Waals surface area contributed by atoms with Crippen molar-refractivity contribution in [3.63, 3.8) is 0 Å². The van der Waals surface area contributed by atoms with Gasteiger partial charge in [-0.15, -0.1) is 0 Å². The molecule has 0 heterocycles. The Balaban J connectivity index is 1.62. The summed E-state index contributed by atoms with van der Waals surface area (Å²) in [5.41, 5.74) is 5.69. The maximum absolute atomic E-state index is 5.69. The van der Waals surface area contributed by atoms with Crippen molar-refractivity contribution < 1.29 is 14.3 Å². The number of nitrogens with two attached hydrogens (primary N) is 1. The molecule has 2 N–H and O–H groups in total. The number of amidine groups is 1. The van der Waals surface area contributed by atoms with Crippen LogP contribution in [0.1, 0.15) is 0 Å². The van der Waals surface area contributed by atoms with Crippen LogP contribution in [0.5, 0.6) is 11.5 Å². The fourth-order valence-electron chi connectivity index (χ4n) is 1.58. The Kier molecular flexibility index (Phi) is 6.57. The zero-order valence-corrected chi connectivity index (χ0v) is 13.5. The van der Waals surface area contributed by atoms with E-state index in [0.717, 1.165) is 16.0 Å². The van der Waals surface area contributed by atoms with E-state index in [0.29, 0.717) is 13.2 Å². The first kappa shape index (κ1) is 16.2. The molecule has 0 saturated heterocycles. The van der Waals surface area contributed by atoms with Crippen molar-refractivity contribution in [2.75, 3.05) is 19.8 Å². The van der Waals surface area contributed by atoms with Gasteiger partial charge in [0.1, 0.15) is 24.7 Å². The highest BCUT2D eigenvalue weighted by atomic mass is 79.9. The number of rotatable bonds is 8. The number of hydrogen-bond acceptors (Lipinski definition) is 4. The summed E-state index contributed by atoms with van der Waals surface area (Å²) in [6.07, 6.45) is 0. The van der Waals surface area contributed by atoms with Crippen LogP contribution in [0, 0.1) is 0 Å². The first-order valence-corrected chi connectivity index (χ1v) is 7.54. The third-order valence-electron chi connectivity index (χ3n) is 2.55. The fourth-order valence-corrected chi connectivity index (χ4v) is 1.96. The smallest absolute Gasteiger partial charge is 0.177 e. The van der Waals surface area contributed by atoms with Gasteiger partial charge in [-0.3, -0.25) is 0 Å². The van der Waals surface area contributed by atoms with Gasteiger partial charge >= 0.3 is 0 Å². The summed E-state index contributed by atoms with van der Waals surface area (Å²) >= 11 is 3.38. The maximum Gasteiger partial charge on any atom is 0.177 e. The lowest BCUT2D eigenvalue weighted by Gasteiger charge is -2.07. The number of para-hydroxylation sites is 1. The van der Waals surface area contributed by atoms with Crippen LogP contribution >= 0.6 is 15.9 Å². The van der Waals surface area contributed by atoms with Crippen molar-refractivity contribution in [2.24, 2.45) is 10.9 Å². The first-order valence-electron chi connectivity index (χ1n) is 6.74. The lowest BCUT2D eigenvalue weighted by atomic mass is 10.3. The van der Waals surface area contributed by atoms with Gasteiger partial charge in [0, 0.05) is 4.47 Å². The summed E-state index contributed by atoms with van der Waals surface area (Å²) in [5.74, 6) is 1.77. The number of hydrogen-bond donors (Lipinski definition) is 1. The van der Waals surface area contributed by atoms with E-state index >= 15 is 0 Å². The van der Waals surface area contributed by atoms with Crippen molar-refractivity contribution in [1.82, 2.24) is 0 Å². The Bertz CT molecular complexity index is 605. The Morgan fingerprint density at radius 2 is 1.73 bits per heavy atom. The van der Waals surface area contributed by atoms with Crippen LogP contribution in [0.4, 0.5) is 0 Å². The van der Waals surface area contributed by atoms with Crippen molar-refractivity contribution in [3.8, 4) is 11.5 Å². The average Bonchev–Trinajstić information content (AvgIpc) is 2.54. The average molecular weight is 365 g/mol. The highest BCUT2D eigenvalue weighted by Crippen LogP contribution is 2.17. The molecule has 22 heavy (non-hydrogen) atoms. The van der Waals surface area contributed by atoms with Crippen LogP contribution in [0.25, 0.3) is 0 Å². The van der Waals surface area contributed by atoms with E-state index in [9.17, 15) is 0 Å². The molecule has 0 aliphatic carbocycles. The van der Waals surface area contributed by atoms with E-state index in [2.05, 4.69) is 21.1 Å². The second kappa shape index (κ2) is 8.94. The van der Waals surface area contributed by atoms with E-state index in [4.69, 9.17) is 20.0 Å². The van der Waals surface area contributed by atoms with E-state index < -0.39 is 0 Å². The maximum atomic E-state index is 5.69. The molecule has 0 fully saturated rings. The molecule has 0 radical (unpaired) electrons. The topological polar surface area (TPSA) is 66.1 Å². The molecule has 0 aliphatic rings. The minimum Gasteiger partial charge on any atom is -0.490 e. The predicted molar refractivity (Wildman–Crippen MR) is 89.1 cm³/mol. The minimum atomic E-state index is 0.177. The van der Waals surface area contributed by atoms with Gasteiger partial charge in [0.05, 0.1) is 0 Å². The summed E-state index contributed by atoms with van der Waals surface area (Å²) < 4.78 is 11.9. The van der Waals surface area contributed by atoms with Crippen molar-refractivity contribution in [3.05, 3.63) is 59.1 Å². The van der Waals surface area contributed by atoms with Gasteiger partial charge in [-0.25, -0.2) is 0 Å². The summed E-state index contributed by atoms with van der Waals surface area (Å²) in [7, 11) is 0. The van der Waals surface area contributed by atoms with Crippen molar-refractivity contribution in [2.45, 2.75) is 0 Å². The monoisotopic (exact) mass is 364 g/mol. The molecule has 0 aliphatic heterocycles. The van der Waals surface area contributed by atoms with Crippen LogP contribution in [-0.2, 0) is 4.84 Å². The predicted octanol–water partition coefficient (Wildman–Crippen LogP) is 3.20. The van der Waals surface area contributed by atoms with Gasteiger partial charge < -0.3 is 20.0 Å². The fraction of sp³-hybridized carbons (Fsp3) is 0.188. The molecule has 0 saturated carbocycles. The first-order chi connectivity index (χ1) is 10.7. The molecule has 2 rings (SSSR count). The molecule has 2 aromatic rings. The summed E-state index contributed by atoms with van der Waals surface area (Å²) in [4.78, 5) is 5.08. The molecule has 2 aromatic carbocycles. The van der Waals surface area contributed by atoms with Gasteiger partial charge in [0.15, 0.2) is 12.4 Å². The van der Waals surface area contributed by atoms with E-state index in [-0.39, 0.29) is 12.4 Å². The number of benzene rings is 2. The summed E-state index contributed by atoms with van der Waals surface area (Å²) in [6, 6.07) is 17.0. The van der Waals surface area contributed by atoms with E-state index in [1.807, 2.05) is 54.6 Å². The lowest BCUT2D eigenvalue weighted by molar-refractivity contribution is 0.105. The van der Waals surface area contributed by atoms with Crippen LogP contribution in [-0.4, -0.2) is 25.7 Å². The molecule has 6 heteroatoms. The van der Waals surface area contributed by atoms with Crippen molar-refractivity contribution in [1.29, 1.82) is 0 Å². The van der Waals surface area contributed by atoms with Gasteiger partial charge in [-0.2, -0.15) is 0 Å². The normalized spacial score (nSPS) is 11.0. The molecule has 0 unspecified atom stereocenters. The molecule has 0 aromatic heterocycles. The quantitative estimate of drug-likeness (QED) is 0.338. The number of ether oxygens (including phenoxy) is 2. The molecule has 0 bridgehead atoms. The van der Waals surface area contributed by atoms with Gasteiger partial charge in [-0.1, -0.05) is 45.4 Å². The van der Waals surface area contributed by atoms with Gasteiger partial charge in [0.25, 0.3) is 0 Å². The van der Waals surface area contributed by atoms with E-state index in [1.54, 1.807) is 0 Å². The molecule has 0 atom stereocenters. The highest BCUT2D eigenvalue weighted by Gasteiger charge is 1.97. The molecular formula is C16H17BrN2O3. The zero-order valence-electron chi connectivity index (χ0n) is 11.9. The van der Waals surface area contributed by atoms with Crippen molar-refractivity contribution >= 4 is 21.8 Å². The summed E-state index contributed by atoms with van der Waals surface area (Å²) in [6.45, 7) is 0.863. The van der Waals surface area contributed by atoms with Crippen LogP contribution in [0.2, 0.25) is 0 Å².